The number of esters is 2. The molecule has 0 aliphatic carbocycles. The Hall–Kier alpha value is -3.32. The molecule has 0 aliphatic rings. The molecule has 2 aromatic rings. The van der Waals surface area contributed by atoms with Gasteiger partial charge in [-0.25, -0.2) is 9.59 Å². The Kier molecular flexibility index (Phi) is 10.1. The minimum Gasteiger partial charge on any atom is -0.512 e. The highest BCUT2D eigenvalue weighted by atomic mass is 28.4. The van der Waals surface area contributed by atoms with Crippen molar-refractivity contribution in [2.24, 2.45) is 0 Å². The maximum atomic E-state index is 11.4. The van der Waals surface area contributed by atoms with Gasteiger partial charge >= 0.3 is 20.5 Å². The van der Waals surface area contributed by atoms with Crippen LogP contribution in [0.1, 0.15) is 12.8 Å². The van der Waals surface area contributed by atoms with Crippen LogP contribution in [-0.4, -0.2) is 33.7 Å². The molecule has 0 radical (unpaired) electrons. The normalized spacial score (nSPS) is 10.6. The zero-order chi connectivity index (χ0) is 22.4. The average molecular weight is 441 g/mol. The van der Waals surface area contributed by atoms with Crippen LogP contribution in [0, 0.1) is 0 Å². The maximum absolute atomic E-state index is 11.4. The molecule has 0 aromatic heterocycles. The number of para-hydroxylation sites is 2. The Balaban J connectivity index is 2.18. The van der Waals surface area contributed by atoms with Gasteiger partial charge in [0.15, 0.2) is 0 Å². The monoisotopic (exact) mass is 440 g/mol. The second-order valence-corrected chi connectivity index (χ2v) is 9.92. The van der Waals surface area contributed by atoms with Crippen LogP contribution in [0.15, 0.2) is 86.0 Å². The Morgan fingerprint density at radius 1 is 0.710 bits per heavy atom. The highest BCUT2D eigenvalue weighted by Crippen LogP contribution is 2.28. The van der Waals surface area contributed by atoms with Gasteiger partial charge in [-0.1, -0.05) is 49.6 Å². The lowest BCUT2D eigenvalue weighted by Crippen LogP contribution is -2.49. The van der Waals surface area contributed by atoms with E-state index in [0.29, 0.717) is 36.4 Å². The lowest BCUT2D eigenvalue weighted by Gasteiger charge is -2.32. The zero-order valence-electron chi connectivity index (χ0n) is 17.5. The van der Waals surface area contributed by atoms with Gasteiger partial charge in [-0.2, -0.15) is 0 Å². The number of rotatable bonds is 14. The number of hydrogen-bond acceptors (Lipinski definition) is 6. The van der Waals surface area contributed by atoms with Crippen LogP contribution in [0.5, 0.6) is 11.5 Å². The summed E-state index contributed by atoms with van der Waals surface area (Å²) in [5.41, 5.74) is 0. The molecule has 0 fully saturated rings. The van der Waals surface area contributed by atoms with Crippen LogP contribution in [0.2, 0.25) is 12.1 Å². The minimum atomic E-state index is -2.88. The van der Waals surface area contributed by atoms with Gasteiger partial charge in [0.1, 0.15) is 11.5 Å². The molecule has 0 amide bonds. The zero-order valence-corrected chi connectivity index (χ0v) is 18.5. The number of benzene rings is 2. The molecule has 0 unspecified atom stereocenters. The van der Waals surface area contributed by atoms with Crippen LogP contribution >= 0.6 is 0 Å². The smallest absolute Gasteiger partial charge is 0.460 e. The van der Waals surface area contributed by atoms with Crippen molar-refractivity contribution in [1.82, 2.24) is 0 Å². The number of carbonyl (C=O) groups excluding carboxylic acids is 2. The van der Waals surface area contributed by atoms with E-state index in [0.717, 1.165) is 12.2 Å². The quantitative estimate of drug-likeness (QED) is 0.181. The summed E-state index contributed by atoms with van der Waals surface area (Å²) in [4.78, 5) is 22.7. The molecule has 164 valence electrons. The van der Waals surface area contributed by atoms with Gasteiger partial charge in [0, 0.05) is 24.2 Å². The van der Waals surface area contributed by atoms with Crippen molar-refractivity contribution in [2.75, 3.05) is 13.2 Å². The molecule has 0 saturated heterocycles. The van der Waals surface area contributed by atoms with E-state index in [1.807, 2.05) is 60.7 Å². The van der Waals surface area contributed by atoms with Crippen LogP contribution in [0.3, 0.4) is 0 Å². The van der Waals surface area contributed by atoms with E-state index < -0.39 is 20.5 Å². The predicted octanol–water partition coefficient (Wildman–Crippen LogP) is 4.83. The van der Waals surface area contributed by atoms with Gasteiger partial charge in [0.25, 0.3) is 0 Å². The minimum absolute atomic E-state index is 0.237. The lowest BCUT2D eigenvalue weighted by molar-refractivity contribution is -0.138. The van der Waals surface area contributed by atoms with Crippen molar-refractivity contribution in [3.63, 3.8) is 0 Å². The van der Waals surface area contributed by atoms with E-state index in [2.05, 4.69) is 13.2 Å². The van der Waals surface area contributed by atoms with E-state index in [1.54, 1.807) is 0 Å². The van der Waals surface area contributed by atoms with Crippen LogP contribution in [0.25, 0.3) is 0 Å². The van der Waals surface area contributed by atoms with Crippen LogP contribution in [0.4, 0.5) is 0 Å². The average Bonchev–Trinajstić information content (AvgIpc) is 2.80. The van der Waals surface area contributed by atoms with Gasteiger partial charge in [-0.3, -0.25) is 0 Å². The molecule has 0 atom stereocenters. The fraction of sp³-hybridized carbons (Fsp3) is 0.250. The summed E-state index contributed by atoms with van der Waals surface area (Å²) >= 11 is 0. The fourth-order valence-corrected chi connectivity index (χ4v) is 6.10. The molecule has 0 heterocycles. The van der Waals surface area contributed by atoms with Crippen molar-refractivity contribution >= 4 is 20.5 Å². The Morgan fingerprint density at radius 2 is 1.10 bits per heavy atom. The van der Waals surface area contributed by atoms with Crippen LogP contribution in [-0.2, 0) is 19.1 Å². The number of ether oxygens (including phenoxy) is 2. The van der Waals surface area contributed by atoms with Gasteiger partial charge in [0.05, 0.1) is 13.2 Å². The van der Waals surface area contributed by atoms with Gasteiger partial charge in [0.2, 0.25) is 0 Å². The lowest BCUT2D eigenvalue weighted by atomic mass is 10.3. The summed E-state index contributed by atoms with van der Waals surface area (Å²) in [6, 6.07) is 20.1. The third-order valence-corrected chi connectivity index (χ3v) is 7.77. The molecule has 31 heavy (non-hydrogen) atoms. The van der Waals surface area contributed by atoms with E-state index in [-0.39, 0.29) is 13.2 Å². The summed E-state index contributed by atoms with van der Waals surface area (Å²) in [7, 11) is -2.88. The number of hydrogen-bond donors (Lipinski definition) is 0. The van der Waals surface area contributed by atoms with E-state index in [1.165, 1.54) is 0 Å². The first-order valence-corrected chi connectivity index (χ1v) is 12.4. The highest BCUT2D eigenvalue weighted by molar-refractivity contribution is 6.69. The second kappa shape index (κ2) is 13.1. The molecule has 2 aromatic carbocycles. The molecule has 0 bridgehead atoms. The second-order valence-electron chi connectivity index (χ2n) is 6.69. The summed E-state index contributed by atoms with van der Waals surface area (Å²) in [5.74, 6) is 0.487. The first-order valence-electron chi connectivity index (χ1n) is 10.1. The molecule has 0 aliphatic heterocycles. The van der Waals surface area contributed by atoms with E-state index in [9.17, 15) is 9.59 Å². The summed E-state index contributed by atoms with van der Waals surface area (Å²) in [6.45, 7) is 7.29. The number of carbonyl (C=O) groups is 2. The Bertz CT molecular complexity index is 766. The molecule has 0 saturated carbocycles. The maximum Gasteiger partial charge on any atom is 0.460 e. The molecule has 0 spiro atoms. The molecular weight excluding hydrogens is 412 g/mol. The first-order chi connectivity index (χ1) is 15.1. The SMILES string of the molecule is C=CC(=O)OCCC[Si](CCCOC(=O)C=C)(Oc1ccccc1)Oc1ccccc1. The molecule has 0 N–H and O–H groups in total. The highest BCUT2D eigenvalue weighted by Gasteiger charge is 2.41. The van der Waals surface area contributed by atoms with Crippen molar-refractivity contribution in [1.29, 1.82) is 0 Å². The van der Waals surface area contributed by atoms with Crippen molar-refractivity contribution < 1.29 is 27.9 Å². The Labute approximate surface area is 184 Å². The summed E-state index contributed by atoms with van der Waals surface area (Å²) in [6.07, 6.45) is 3.41. The largest absolute Gasteiger partial charge is 0.512 e. The standard InChI is InChI=1S/C24H28O6Si/c1-3-23(25)27-17-11-19-31(20-12-18-28-24(26)4-2,29-21-13-7-5-8-14-21)30-22-15-9-6-10-16-22/h3-10,13-16H,1-2,11-12,17-20H2. The molecular formula is C24H28O6Si. The van der Waals surface area contributed by atoms with Gasteiger partial charge in [-0.15, -0.1) is 0 Å². The molecule has 6 nitrogen and oxygen atoms in total. The van der Waals surface area contributed by atoms with Crippen molar-refractivity contribution in [2.45, 2.75) is 24.9 Å². The molecule has 7 heteroatoms. The van der Waals surface area contributed by atoms with Gasteiger partial charge in [-0.05, 0) is 37.1 Å². The third-order valence-electron chi connectivity index (χ3n) is 4.32. The molecule has 2 rings (SSSR count). The predicted molar refractivity (Wildman–Crippen MR) is 121 cm³/mol. The third kappa shape index (κ3) is 8.92. The fourth-order valence-electron chi connectivity index (χ4n) is 2.90. The first kappa shape index (κ1) is 24.0. The van der Waals surface area contributed by atoms with Crippen LogP contribution < -0.4 is 8.85 Å². The topological polar surface area (TPSA) is 71.1 Å². The van der Waals surface area contributed by atoms with Crippen molar-refractivity contribution in [3.8, 4) is 11.5 Å². The van der Waals surface area contributed by atoms with Gasteiger partial charge < -0.3 is 18.3 Å². The van der Waals surface area contributed by atoms with Crippen molar-refractivity contribution in [3.05, 3.63) is 86.0 Å². The van der Waals surface area contributed by atoms with E-state index >= 15 is 0 Å². The Morgan fingerprint density at radius 3 is 1.45 bits per heavy atom. The van der Waals surface area contributed by atoms with E-state index in [4.69, 9.17) is 18.3 Å². The summed E-state index contributed by atoms with van der Waals surface area (Å²) in [5, 5.41) is 0. The summed E-state index contributed by atoms with van der Waals surface area (Å²) < 4.78 is 23.2.